The molecule has 4 rings (SSSR count). The van der Waals surface area contributed by atoms with E-state index in [2.05, 4.69) is 53.3 Å². The SMILES string of the molecule is Cc1cccc(NC(=O)CN2CCN(C(=O)c3csc(-c4ccc(C(C)C)cc4)n3)CC2)c1C. The van der Waals surface area contributed by atoms with E-state index in [-0.39, 0.29) is 11.8 Å². The lowest BCUT2D eigenvalue weighted by molar-refractivity contribution is -0.117. The monoisotopic (exact) mass is 476 g/mol. The summed E-state index contributed by atoms with van der Waals surface area (Å²) in [6.07, 6.45) is 0. The standard InChI is InChI=1S/C27H32N4O2S/c1-18(2)21-8-10-22(11-9-21)26-29-24(17-34-26)27(33)31-14-12-30(13-15-31)16-25(32)28-23-7-5-6-19(3)20(23)4/h5-11,17-18H,12-16H2,1-4H3,(H,28,32). The summed E-state index contributed by atoms with van der Waals surface area (Å²) >= 11 is 1.50. The van der Waals surface area contributed by atoms with Crippen LogP contribution < -0.4 is 5.32 Å². The summed E-state index contributed by atoms with van der Waals surface area (Å²) < 4.78 is 0. The molecule has 178 valence electrons. The van der Waals surface area contributed by atoms with Crippen LogP contribution in [0.3, 0.4) is 0 Å². The number of nitrogens with one attached hydrogen (secondary N) is 1. The minimum Gasteiger partial charge on any atom is -0.335 e. The highest BCUT2D eigenvalue weighted by atomic mass is 32.1. The lowest BCUT2D eigenvalue weighted by atomic mass is 10.0. The van der Waals surface area contributed by atoms with Crippen molar-refractivity contribution in [1.29, 1.82) is 0 Å². The first-order chi connectivity index (χ1) is 16.3. The fraction of sp³-hybridized carbons (Fsp3) is 0.370. The quantitative estimate of drug-likeness (QED) is 0.547. The fourth-order valence-electron chi connectivity index (χ4n) is 4.07. The molecule has 2 heterocycles. The van der Waals surface area contributed by atoms with Crippen LogP contribution in [0, 0.1) is 13.8 Å². The Hall–Kier alpha value is -3.03. The van der Waals surface area contributed by atoms with Gasteiger partial charge in [-0.1, -0.05) is 50.2 Å². The van der Waals surface area contributed by atoms with E-state index < -0.39 is 0 Å². The molecule has 1 aliphatic rings. The van der Waals surface area contributed by atoms with E-state index in [0.717, 1.165) is 27.4 Å². The van der Waals surface area contributed by atoms with Crippen LogP contribution in [0.1, 0.15) is 46.9 Å². The van der Waals surface area contributed by atoms with Crippen LogP contribution in [-0.2, 0) is 4.79 Å². The lowest BCUT2D eigenvalue weighted by Crippen LogP contribution is -2.50. The van der Waals surface area contributed by atoms with Crippen molar-refractivity contribution in [1.82, 2.24) is 14.8 Å². The Morgan fingerprint density at radius 2 is 1.74 bits per heavy atom. The van der Waals surface area contributed by atoms with Gasteiger partial charge in [0.15, 0.2) is 0 Å². The highest BCUT2D eigenvalue weighted by molar-refractivity contribution is 7.13. The van der Waals surface area contributed by atoms with E-state index in [1.165, 1.54) is 16.9 Å². The maximum atomic E-state index is 13.0. The summed E-state index contributed by atoms with van der Waals surface area (Å²) in [4.78, 5) is 34.1. The number of aryl methyl sites for hydroxylation is 1. The number of amides is 2. The molecule has 0 bridgehead atoms. The van der Waals surface area contributed by atoms with Crippen molar-refractivity contribution in [3.8, 4) is 10.6 Å². The van der Waals surface area contributed by atoms with Gasteiger partial charge in [-0.05, 0) is 42.5 Å². The molecule has 1 aromatic heterocycles. The number of thiazole rings is 1. The van der Waals surface area contributed by atoms with Gasteiger partial charge in [0, 0.05) is 42.8 Å². The van der Waals surface area contributed by atoms with Gasteiger partial charge in [0.1, 0.15) is 10.7 Å². The lowest BCUT2D eigenvalue weighted by Gasteiger charge is -2.34. The number of benzene rings is 2. The van der Waals surface area contributed by atoms with E-state index >= 15 is 0 Å². The Morgan fingerprint density at radius 1 is 1.03 bits per heavy atom. The summed E-state index contributed by atoms with van der Waals surface area (Å²) in [5.74, 6) is 0.417. The smallest absolute Gasteiger partial charge is 0.273 e. The topological polar surface area (TPSA) is 65.5 Å². The molecule has 2 amide bonds. The number of hydrogen-bond donors (Lipinski definition) is 1. The molecule has 2 aromatic carbocycles. The molecular formula is C27H32N4O2S. The van der Waals surface area contributed by atoms with Gasteiger partial charge >= 0.3 is 0 Å². The van der Waals surface area contributed by atoms with Crippen molar-refractivity contribution in [2.24, 2.45) is 0 Å². The maximum absolute atomic E-state index is 13.0. The van der Waals surface area contributed by atoms with E-state index in [4.69, 9.17) is 0 Å². The molecule has 0 unspecified atom stereocenters. The van der Waals surface area contributed by atoms with Crippen LogP contribution in [0.2, 0.25) is 0 Å². The molecular weight excluding hydrogens is 444 g/mol. The van der Waals surface area contributed by atoms with Gasteiger partial charge in [-0.25, -0.2) is 4.98 Å². The minimum absolute atomic E-state index is 0.0268. The Balaban J connectivity index is 1.30. The number of aromatic nitrogens is 1. The number of carbonyl (C=O) groups is 2. The second-order valence-corrected chi connectivity index (χ2v) is 10.0. The largest absolute Gasteiger partial charge is 0.335 e. The molecule has 1 saturated heterocycles. The number of rotatable bonds is 6. The molecule has 0 spiro atoms. The van der Waals surface area contributed by atoms with Gasteiger partial charge in [-0.15, -0.1) is 11.3 Å². The van der Waals surface area contributed by atoms with Gasteiger partial charge in [-0.2, -0.15) is 0 Å². The van der Waals surface area contributed by atoms with Crippen molar-refractivity contribution in [2.45, 2.75) is 33.6 Å². The van der Waals surface area contributed by atoms with Crippen molar-refractivity contribution < 1.29 is 9.59 Å². The molecule has 1 aliphatic heterocycles. The van der Waals surface area contributed by atoms with E-state index in [1.54, 1.807) is 0 Å². The van der Waals surface area contributed by atoms with Crippen molar-refractivity contribution in [3.63, 3.8) is 0 Å². The van der Waals surface area contributed by atoms with E-state index in [9.17, 15) is 9.59 Å². The highest BCUT2D eigenvalue weighted by Crippen LogP contribution is 2.26. The second-order valence-electron chi connectivity index (χ2n) is 9.18. The third-order valence-electron chi connectivity index (χ3n) is 6.45. The number of hydrogen-bond acceptors (Lipinski definition) is 5. The zero-order valence-electron chi connectivity index (χ0n) is 20.3. The molecule has 1 N–H and O–H groups in total. The van der Waals surface area contributed by atoms with Crippen molar-refractivity contribution >= 4 is 28.8 Å². The molecule has 0 aliphatic carbocycles. The Bertz CT molecular complexity index is 1160. The molecule has 34 heavy (non-hydrogen) atoms. The molecule has 6 nitrogen and oxygen atoms in total. The fourth-order valence-corrected chi connectivity index (χ4v) is 4.87. The molecule has 1 fully saturated rings. The number of piperazine rings is 1. The zero-order chi connectivity index (χ0) is 24.2. The van der Waals surface area contributed by atoms with Crippen LogP contribution in [0.5, 0.6) is 0 Å². The van der Waals surface area contributed by atoms with Gasteiger partial charge in [-0.3, -0.25) is 14.5 Å². The Morgan fingerprint density at radius 3 is 2.41 bits per heavy atom. The van der Waals surface area contributed by atoms with Gasteiger partial charge in [0.25, 0.3) is 5.91 Å². The zero-order valence-corrected chi connectivity index (χ0v) is 21.1. The van der Waals surface area contributed by atoms with Gasteiger partial charge in [0.05, 0.1) is 6.54 Å². The van der Waals surface area contributed by atoms with E-state index in [0.29, 0.717) is 44.3 Å². The first kappa shape index (κ1) is 24.1. The molecule has 3 aromatic rings. The Kier molecular flexibility index (Phi) is 7.44. The summed E-state index contributed by atoms with van der Waals surface area (Å²) in [5.41, 5.74) is 5.92. The second kappa shape index (κ2) is 10.5. The highest BCUT2D eigenvalue weighted by Gasteiger charge is 2.25. The van der Waals surface area contributed by atoms with Gasteiger partial charge in [0.2, 0.25) is 5.91 Å². The van der Waals surface area contributed by atoms with Crippen LogP contribution in [-0.4, -0.2) is 59.3 Å². The first-order valence-corrected chi connectivity index (χ1v) is 12.6. The predicted octanol–water partition coefficient (Wildman–Crippen LogP) is 4.95. The minimum atomic E-state index is -0.0409. The summed E-state index contributed by atoms with van der Waals surface area (Å²) in [6, 6.07) is 14.3. The maximum Gasteiger partial charge on any atom is 0.273 e. The average molecular weight is 477 g/mol. The summed E-state index contributed by atoms with van der Waals surface area (Å²) in [5, 5.41) is 5.72. The van der Waals surface area contributed by atoms with Crippen molar-refractivity contribution in [3.05, 3.63) is 70.2 Å². The number of nitrogens with zero attached hydrogens (tertiary/aromatic N) is 3. The van der Waals surface area contributed by atoms with Crippen LogP contribution in [0.25, 0.3) is 10.6 Å². The summed E-state index contributed by atoms with van der Waals surface area (Å²) in [6.45, 7) is 11.2. The van der Waals surface area contributed by atoms with Crippen LogP contribution in [0.15, 0.2) is 47.8 Å². The molecule has 0 atom stereocenters. The third-order valence-corrected chi connectivity index (χ3v) is 7.34. The summed E-state index contributed by atoms with van der Waals surface area (Å²) in [7, 11) is 0. The molecule has 0 saturated carbocycles. The van der Waals surface area contributed by atoms with Crippen molar-refractivity contribution in [2.75, 3.05) is 38.0 Å². The predicted molar refractivity (Wildman–Crippen MR) is 139 cm³/mol. The van der Waals surface area contributed by atoms with Crippen LogP contribution in [0.4, 0.5) is 5.69 Å². The average Bonchev–Trinajstić information content (AvgIpc) is 3.32. The molecule has 7 heteroatoms. The number of carbonyl (C=O) groups excluding carboxylic acids is 2. The van der Waals surface area contributed by atoms with E-state index in [1.807, 2.05) is 42.3 Å². The molecule has 0 radical (unpaired) electrons. The Labute approximate surface area is 205 Å². The normalized spacial score (nSPS) is 14.4. The van der Waals surface area contributed by atoms with Gasteiger partial charge < -0.3 is 10.2 Å². The van der Waals surface area contributed by atoms with Crippen LogP contribution >= 0.6 is 11.3 Å². The number of anilines is 1. The third kappa shape index (κ3) is 5.54. The first-order valence-electron chi connectivity index (χ1n) is 11.8.